The van der Waals surface area contributed by atoms with Crippen molar-refractivity contribution in [2.75, 3.05) is 31.2 Å². The average Bonchev–Trinajstić information content (AvgIpc) is 3.01. The molecule has 1 aliphatic rings. The van der Waals surface area contributed by atoms with E-state index < -0.39 is 15.7 Å². The fourth-order valence-electron chi connectivity index (χ4n) is 3.16. The fraction of sp³-hybridized carbons (Fsp3) is 0.684. The highest BCUT2D eigenvalue weighted by Crippen LogP contribution is 2.36. The van der Waals surface area contributed by atoms with Gasteiger partial charge < -0.3 is 9.64 Å². The molecule has 8 heteroatoms. The predicted octanol–water partition coefficient (Wildman–Crippen LogP) is 4.12. The molecule has 0 radical (unpaired) electrons. The third-order valence-electron chi connectivity index (χ3n) is 5.10. The Bertz CT molecular complexity index is 744. The normalized spacial score (nSPS) is 21.8. The molecule has 0 bridgehead atoms. The molecule has 2 rings (SSSR count). The number of anilines is 1. The molecule has 27 heavy (non-hydrogen) atoms. The summed E-state index contributed by atoms with van der Waals surface area (Å²) in [5, 5.41) is 0. The van der Waals surface area contributed by atoms with Crippen molar-refractivity contribution in [1.29, 1.82) is 0 Å². The standard InChI is InChI=1S/C19H30BrFN2O3S/c1-5-19(21)9-10-23(13-19)17-11-15(20)7-8-18(17)27(24,25)22-16(14(3)4)12-26-6-2/h7-8,11,14,16,22H,5-6,9-10,12-13H2,1-4H3. The molecular formula is C19H30BrFN2O3S. The largest absolute Gasteiger partial charge is 0.380 e. The summed E-state index contributed by atoms with van der Waals surface area (Å²) in [6.07, 6.45) is 0.823. The van der Waals surface area contributed by atoms with Gasteiger partial charge in [0, 0.05) is 30.1 Å². The lowest BCUT2D eigenvalue weighted by Crippen LogP contribution is -2.42. The lowest BCUT2D eigenvalue weighted by molar-refractivity contribution is 0.116. The van der Waals surface area contributed by atoms with Gasteiger partial charge in [0.05, 0.1) is 18.8 Å². The minimum absolute atomic E-state index is 0.0793. The Morgan fingerprint density at radius 2 is 2.07 bits per heavy atom. The van der Waals surface area contributed by atoms with Gasteiger partial charge in [-0.2, -0.15) is 0 Å². The number of rotatable bonds is 9. The van der Waals surface area contributed by atoms with Gasteiger partial charge in [-0.15, -0.1) is 0 Å². The molecule has 1 aliphatic heterocycles. The number of sulfonamides is 1. The molecule has 1 saturated heterocycles. The second kappa shape index (κ2) is 9.20. The molecule has 2 unspecified atom stereocenters. The molecule has 0 saturated carbocycles. The lowest BCUT2D eigenvalue weighted by Gasteiger charge is -2.26. The Kier molecular flexibility index (Phi) is 7.70. The summed E-state index contributed by atoms with van der Waals surface area (Å²) in [6, 6.07) is 4.69. The molecule has 1 heterocycles. The van der Waals surface area contributed by atoms with E-state index in [-0.39, 0.29) is 23.4 Å². The van der Waals surface area contributed by atoms with Gasteiger partial charge in [0.2, 0.25) is 10.0 Å². The first-order chi connectivity index (χ1) is 12.6. The zero-order chi connectivity index (χ0) is 20.2. The van der Waals surface area contributed by atoms with Gasteiger partial charge >= 0.3 is 0 Å². The van der Waals surface area contributed by atoms with Crippen LogP contribution in [0.3, 0.4) is 0 Å². The van der Waals surface area contributed by atoms with Crippen LogP contribution in [0.4, 0.5) is 10.1 Å². The van der Waals surface area contributed by atoms with Gasteiger partial charge in [0.25, 0.3) is 0 Å². The predicted molar refractivity (Wildman–Crippen MR) is 111 cm³/mol. The van der Waals surface area contributed by atoms with E-state index >= 15 is 0 Å². The summed E-state index contributed by atoms with van der Waals surface area (Å²) in [5.74, 6) is 0.0793. The summed E-state index contributed by atoms with van der Waals surface area (Å²) < 4.78 is 50.0. The average molecular weight is 465 g/mol. The van der Waals surface area contributed by atoms with E-state index in [4.69, 9.17) is 4.74 Å². The summed E-state index contributed by atoms with van der Waals surface area (Å²) in [4.78, 5) is 2.00. The van der Waals surface area contributed by atoms with Crippen LogP contribution in [0.1, 0.15) is 40.5 Å². The maximum Gasteiger partial charge on any atom is 0.242 e. The highest BCUT2D eigenvalue weighted by Gasteiger charge is 2.38. The van der Waals surface area contributed by atoms with Crippen LogP contribution in [-0.2, 0) is 14.8 Å². The minimum atomic E-state index is -3.78. The van der Waals surface area contributed by atoms with E-state index in [0.29, 0.717) is 38.3 Å². The molecule has 1 aromatic rings. The van der Waals surface area contributed by atoms with E-state index in [9.17, 15) is 12.8 Å². The minimum Gasteiger partial charge on any atom is -0.380 e. The Hall–Kier alpha value is -0.700. The topological polar surface area (TPSA) is 58.6 Å². The number of hydrogen-bond acceptors (Lipinski definition) is 4. The molecule has 154 valence electrons. The number of benzene rings is 1. The number of hydrogen-bond donors (Lipinski definition) is 1. The Morgan fingerprint density at radius 3 is 2.63 bits per heavy atom. The summed E-state index contributed by atoms with van der Waals surface area (Å²) in [7, 11) is -3.78. The van der Waals surface area contributed by atoms with Gasteiger partial charge in [0.1, 0.15) is 10.6 Å². The van der Waals surface area contributed by atoms with Crippen molar-refractivity contribution in [1.82, 2.24) is 4.72 Å². The maximum absolute atomic E-state index is 14.7. The van der Waals surface area contributed by atoms with Crippen molar-refractivity contribution in [2.24, 2.45) is 5.92 Å². The van der Waals surface area contributed by atoms with Gasteiger partial charge in [-0.05, 0) is 37.5 Å². The number of nitrogens with zero attached hydrogens (tertiary/aromatic N) is 1. The van der Waals surface area contributed by atoms with Crippen molar-refractivity contribution in [3.05, 3.63) is 22.7 Å². The highest BCUT2D eigenvalue weighted by molar-refractivity contribution is 9.10. The van der Waals surface area contributed by atoms with Crippen LogP contribution in [0.15, 0.2) is 27.6 Å². The Balaban J connectivity index is 2.34. The second-order valence-electron chi connectivity index (χ2n) is 7.42. The summed E-state index contributed by atoms with van der Waals surface area (Å²) >= 11 is 3.41. The first-order valence-corrected chi connectivity index (χ1v) is 11.7. The van der Waals surface area contributed by atoms with Crippen LogP contribution >= 0.6 is 15.9 Å². The molecular weight excluding hydrogens is 435 g/mol. The SMILES string of the molecule is CCOCC(NS(=O)(=O)c1ccc(Br)cc1N1CCC(F)(CC)C1)C(C)C. The van der Waals surface area contributed by atoms with Crippen molar-refractivity contribution < 1.29 is 17.5 Å². The Morgan fingerprint density at radius 1 is 1.37 bits per heavy atom. The van der Waals surface area contributed by atoms with Crippen LogP contribution in [-0.4, -0.2) is 46.4 Å². The second-order valence-corrected chi connectivity index (χ2v) is 10.0. The maximum atomic E-state index is 14.7. The molecule has 1 N–H and O–H groups in total. The highest BCUT2D eigenvalue weighted by atomic mass is 79.9. The molecule has 0 amide bonds. The molecule has 1 fully saturated rings. The quantitative estimate of drug-likeness (QED) is 0.596. The summed E-state index contributed by atoms with van der Waals surface area (Å²) in [5.41, 5.74) is -0.740. The van der Waals surface area contributed by atoms with Gasteiger partial charge in [0.15, 0.2) is 0 Å². The van der Waals surface area contributed by atoms with E-state index in [1.807, 2.05) is 32.6 Å². The van der Waals surface area contributed by atoms with Crippen LogP contribution in [0.25, 0.3) is 0 Å². The smallest absolute Gasteiger partial charge is 0.242 e. The van der Waals surface area contributed by atoms with Gasteiger partial charge in [-0.3, -0.25) is 0 Å². The van der Waals surface area contributed by atoms with E-state index in [1.165, 1.54) is 0 Å². The molecule has 0 spiro atoms. The number of ether oxygens (including phenoxy) is 1. The zero-order valence-corrected chi connectivity index (χ0v) is 18.9. The van der Waals surface area contributed by atoms with Crippen LogP contribution in [0.2, 0.25) is 0 Å². The fourth-order valence-corrected chi connectivity index (χ4v) is 5.09. The molecule has 1 aromatic carbocycles. The first-order valence-electron chi connectivity index (χ1n) is 9.45. The molecule has 0 aliphatic carbocycles. The van der Waals surface area contributed by atoms with Crippen LogP contribution in [0.5, 0.6) is 0 Å². The van der Waals surface area contributed by atoms with Crippen molar-refractivity contribution in [2.45, 2.75) is 57.1 Å². The molecule has 0 aromatic heterocycles. The molecule has 2 atom stereocenters. The van der Waals surface area contributed by atoms with Crippen LogP contribution < -0.4 is 9.62 Å². The summed E-state index contributed by atoms with van der Waals surface area (Å²) in [6.45, 7) is 9.14. The van der Waals surface area contributed by atoms with E-state index in [2.05, 4.69) is 20.7 Å². The third kappa shape index (κ3) is 5.65. The first kappa shape index (κ1) is 22.6. The zero-order valence-electron chi connectivity index (χ0n) is 16.5. The monoisotopic (exact) mass is 464 g/mol. The van der Waals surface area contributed by atoms with Crippen molar-refractivity contribution >= 4 is 31.6 Å². The van der Waals surface area contributed by atoms with Crippen LogP contribution in [0, 0.1) is 5.92 Å². The lowest BCUT2D eigenvalue weighted by atomic mass is 10.0. The van der Waals surface area contributed by atoms with Crippen molar-refractivity contribution in [3.63, 3.8) is 0 Å². The third-order valence-corrected chi connectivity index (χ3v) is 7.13. The van der Waals surface area contributed by atoms with Crippen molar-refractivity contribution in [3.8, 4) is 0 Å². The molecule has 5 nitrogen and oxygen atoms in total. The van der Waals surface area contributed by atoms with Gasteiger partial charge in [-0.25, -0.2) is 17.5 Å². The Labute approximate surface area is 170 Å². The van der Waals surface area contributed by atoms with Gasteiger partial charge in [-0.1, -0.05) is 36.7 Å². The number of alkyl halides is 1. The number of halogens is 2. The van der Waals surface area contributed by atoms with E-state index in [0.717, 1.165) is 4.47 Å². The van der Waals surface area contributed by atoms with E-state index in [1.54, 1.807) is 18.2 Å². The number of nitrogens with one attached hydrogen (secondary N) is 1.